The molecule has 2 aromatic rings. The van der Waals surface area contributed by atoms with Gasteiger partial charge in [-0.2, -0.15) is 15.6 Å². The Hall–Kier alpha value is -3.59. The van der Waals surface area contributed by atoms with E-state index in [1.807, 2.05) is 0 Å². The molecule has 158 valence electrons. The fraction of sp³-hybridized carbons (Fsp3) is 0.190. The summed E-state index contributed by atoms with van der Waals surface area (Å²) in [7, 11) is 0. The topological polar surface area (TPSA) is 130 Å². The Morgan fingerprint density at radius 3 is 2.32 bits per heavy atom. The number of nitrogens with one attached hydrogen (secondary N) is 1. The summed E-state index contributed by atoms with van der Waals surface area (Å²) < 4.78 is 0. The molecule has 2 rings (SSSR count). The quantitative estimate of drug-likeness (QED) is 0.479. The van der Waals surface area contributed by atoms with Crippen molar-refractivity contribution in [3.05, 3.63) is 63.6 Å². The van der Waals surface area contributed by atoms with Gasteiger partial charge in [-0.15, -0.1) is 0 Å². The van der Waals surface area contributed by atoms with Crippen LogP contribution in [0.2, 0.25) is 10.0 Å². The van der Waals surface area contributed by atoms with Gasteiger partial charge in [0.1, 0.15) is 11.5 Å². The van der Waals surface area contributed by atoms with Crippen LogP contribution in [-0.4, -0.2) is 34.3 Å². The molecule has 0 saturated heterocycles. The predicted octanol–water partition coefficient (Wildman–Crippen LogP) is 4.64. The Balaban J connectivity index is 2.34. The van der Waals surface area contributed by atoms with E-state index >= 15 is 0 Å². The number of nitrogens with zero attached hydrogens (tertiary/aromatic N) is 4. The molecular weight excluding hydrogens is 441 g/mol. The van der Waals surface area contributed by atoms with E-state index in [0.29, 0.717) is 26.7 Å². The second-order valence-electron chi connectivity index (χ2n) is 6.45. The number of halogens is 2. The molecule has 0 radical (unpaired) electrons. The minimum Gasteiger partial charge on any atom is -0.465 e. The van der Waals surface area contributed by atoms with Gasteiger partial charge in [0, 0.05) is 16.6 Å². The Bertz CT molecular complexity index is 1120. The van der Waals surface area contributed by atoms with Crippen LogP contribution >= 0.6 is 23.2 Å². The van der Waals surface area contributed by atoms with Crippen molar-refractivity contribution in [2.24, 2.45) is 5.10 Å². The average molecular weight is 458 g/mol. The molecule has 1 unspecified atom stereocenters. The van der Waals surface area contributed by atoms with Gasteiger partial charge in [-0.3, -0.25) is 10.2 Å². The molecule has 2 aromatic carbocycles. The van der Waals surface area contributed by atoms with E-state index < -0.39 is 23.1 Å². The normalized spacial score (nSPS) is 12.8. The number of nitriles is 2. The van der Waals surface area contributed by atoms with Gasteiger partial charge in [-0.1, -0.05) is 41.4 Å². The van der Waals surface area contributed by atoms with Crippen molar-refractivity contribution in [3.63, 3.8) is 0 Å². The number of hydrazone groups is 1. The zero-order valence-corrected chi connectivity index (χ0v) is 18.1. The Morgan fingerprint density at radius 2 is 1.84 bits per heavy atom. The lowest BCUT2D eigenvalue weighted by atomic mass is 9.77. The molecule has 0 heterocycles. The van der Waals surface area contributed by atoms with Crippen molar-refractivity contribution in [2.75, 3.05) is 12.0 Å². The molecule has 1 atom stereocenters. The van der Waals surface area contributed by atoms with Crippen molar-refractivity contribution >= 4 is 46.6 Å². The molecule has 0 saturated carbocycles. The number of carboxylic acid groups (broad SMARTS) is 1. The Labute approximate surface area is 188 Å². The summed E-state index contributed by atoms with van der Waals surface area (Å²) in [5.74, 6) is -1.05. The molecule has 0 aliphatic carbocycles. The average Bonchev–Trinajstić information content (AvgIpc) is 2.74. The molecule has 31 heavy (non-hydrogen) atoms. The van der Waals surface area contributed by atoms with Crippen LogP contribution in [0.1, 0.15) is 25.0 Å². The number of hydrogen-bond donors (Lipinski definition) is 2. The maximum atomic E-state index is 12.1. The fourth-order valence-corrected chi connectivity index (χ4v) is 3.28. The number of carbonyl (C=O) groups excluding carboxylic acids is 1. The van der Waals surface area contributed by atoms with Crippen molar-refractivity contribution < 1.29 is 14.7 Å². The van der Waals surface area contributed by atoms with Crippen molar-refractivity contribution in [1.82, 2.24) is 4.90 Å². The number of carbonyl (C=O) groups is 2. The summed E-state index contributed by atoms with van der Waals surface area (Å²) in [6.07, 6.45) is -1.49. The smallest absolute Gasteiger partial charge is 0.414 e. The Kier molecular flexibility index (Phi) is 7.60. The third-order valence-electron chi connectivity index (χ3n) is 4.55. The van der Waals surface area contributed by atoms with Gasteiger partial charge >= 0.3 is 6.09 Å². The fourth-order valence-electron chi connectivity index (χ4n) is 2.79. The van der Waals surface area contributed by atoms with Crippen LogP contribution < -0.4 is 5.43 Å². The van der Waals surface area contributed by atoms with Gasteiger partial charge in [0.2, 0.25) is 5.71 Å². The summed E-state index contributed by atoms with van der Waals surface area (Å²) in [5.41, 5.74) is 2.40. The van der Waals surface area contributed by atoms with E-state index in [-0.39, 0.29) is 11.6 Å². The van der Waals surface area contributed by atoms with Crippen molar-refractivity contribution in [3.8, 4) is 12.1 Å². The van der Waals surface area contributed by atoms with Crippen LogP contribution in [0.5, 0.6) is 0 Å². The zero-order valence-electron chi connectivity index (χ0n) is 16.6. The van der Waals surface area contributed by atoms with E-state index in [4.69, 9.17) is 33.6 Å². The van der Waals surface area contributed by atoms with Gasteiger partial charge in [0.15, 0.2) is 0 Å². The number of benzene rings is 2. The lowest BCUT2D eigenvalue weighted by Gasteiger charge is -2.24. The third-order valence-corrected chi connectivity index (χ3v) is 5.12. The maximum absolute atomic E-state index is 12.1. The van der Waals surface area contributed by atoms with E-state index in [9.17, 15) is 14.9 Å². The highest BCUT2D eigenvalue weighted by Crippen LogP contribution is 2.37. The highest BCUT2D eigenvalue weighted by atomic mass is 35.5. The first-order valence-corrected chi connectivity index (χ1v) is 9.69. The zero-order chi connectivity index (χ0) is 23.2. The summed E-state index contributed by atoms with van der Waals surface area (Å²) in [4.78, 5) is 23.7. The van der Waals surface area contributed by atoms with E-state index in [2.05, 4.69) is 16.6 Å². The first-order chi connectivity index (χ1) is 14.7. The largest absolute Gasteiger partial charge is 0.465 e. The third kappa shape index (κ3) is 5.13. The summed E-state index contributed by atoms with van der Waals surface area (Å²) in [6, 6.07) is 15.4. The number of amides is 2. The first kappa shape index (κ1) is 23.7. The molecule has 10 heteroatoms. The van der Waals surface area contributed by atoms with Crippen molar-refractivity contribution in [2.45, 2.75) is 19.3 Å². The predicted molar refractivity (Wildman–Crippen MR) is 117 cm³/mol. The van der Waals surface area contributed by atoms with Gasteiger partial charge in [0.25, 0.3) is 5.91 Å². The van der Waals surface area contributed by atoms with Crippen LogP contribution in [0.3, 0.4) is 0 Å². The van der Waals surface area contributed by atoms with Gasteiger partial charge in [0.05, 0.1) is 11.8 Å². The van der Waals surface area contributed by atoms with Crippen LogP contribution in [0.4, 0.5) is 10.5 Å². The first-order valence-electron chi connectivity index (χ1n) is 8.93. The van der Waals surface area contributed by atoms with E-state index in [1.54, 1.807) is 49.4 Å². The molecule has 0 fully saturated rings. The number of rotatable bonds is 6. The molecule has 0 aliphatic rings. The van der Waals surface area contributed by atoms with Crippen LogP contribution in [0.25, 0.3) is 0 Å². The molecule has 8 nitrogen and oxygen atoms in total. The van der Waals surface area contributed by atoms with Crippen molar-refractivity contribution in [1.29, 1.82) is 10.5 Å². The van der Waals surface area contributed by atoms with Crippen LogP contribution in [0.15, 0.2) is 47.6 Å². The van der Waals surface area contributed by atoms with Crippen LogP contribution in [0, 0.1) is 22.7 Å². The summed E-state index contributed by atoms with van der Waals surface area (Å²) >= 11 is 12.3. The minimum atomic E-state index is -1.49. The molecule has 0 spiro atoms. The van der Waals surface area contributed by atoms with Gasteiger partial charge in [-0.25, -0.2) is 9.69 Å². The highest BCUT2D eigenvalue weighted by molar-refractivity contribution is 6.46. The number of anilines is 1. The Morgan fingerprint density at radius 1 is 1.19 bits per heavy atom. The molecule has 0 bridgehead atoms. The minimum absolute atomic E-state index is 0.132. The van der Waals surface area contributed by atoms with Crippen LogP contribution in [-0.2, 0) is 10.2 Å². The lowest BCUT2D eigenvalue weighted by molar-refractivity contribution is -0.121. The monoisotopic (exact) mass is 457 g/mol. The van der Waals surface area contributed by atoms with Gasteiger partial charge in [-0.05, 0) is 49.2 Å². The lowest BCUT2D eigenvalue weighted by Crippen LogP contribution is -2.40. The number of hydrogen-bond acceptors (Lipinski definition) is 6. The molecule has 2 amide bonds. The summed E-state index contributed by atoms with van der Waals surface area (Å²) in [6.45, 7) is 3.05. The highest BCUT2D eigenvalue weighted by Gasteiger charge is 2.31. The second-order valence-corrected chi connectivity index (χ2v) is 7.30. The van der Waals surface area contributed by atoms with E-state index in [0.717, 1.165) is 0 Å². The molecule has 2 N–H and O–H groups in total. The van der Waals surface area contributed by atoms with Gasteiger partial charge < -0.3 is 5.11 Å². The second kappa shape index (κ2) is 9.94. The molecule has 0 aromatic heterocycles. The SMILES string of the molecule is CCN(C(=O)O)C(=O)C(C#N)=NNc1ccc(C(C)(C#N)c2ccc(Cl)cc2)c(Cl)c1. The maximum Gasteiger partial charge on any atom is 0.414 e. The van der Waals surface area contributed by atoms with E-state index in [1.165, 1.54) is 13.0 Å². The molecular formula is C21H17Cl2N5O3. The number of imide groups is 1. The molecule has 0 aliphatic heterocycles. The summed E-state index contributed by atoms with van der Waals surface area (Å²) in [5, 5.41) is 32.5. The standard InChI is InChI=1S/C21H17Cl2N5O3/c1-3-28(20(30)31)19(29)18(11-24)27-26-15-8-9-16(17(23)10-15)21(2,12-25)13-4-6-14(22)7-5-13/h4-10,26H,3H2,1-2H3,(H,30,31).